The monoisotopic (exact) mass is 263 g/mol. The molecule has 5 heteroatoms. The normalized spacial score (nSPS) is 12.3. The summed E-state index contributed by atoms with van der Waals surface area (Å²) in [7, 11) is 0. The molecule has 0 aliphatic carbocycles. The molecule has 0 aliphatic heterocycles. The fourth-order valence-electron chi connectivity index (χ4n) is 1.80. The van der Waals surface area contributed by atoms with Crippen molar-refractivity contribution in [3.63, 3.8) is 0 Å². The fraction of sp³-hybridized carbons (Fsp3) is 0.385. The Bertz CT molecular complexity index is 430. The number of nitrogens with zero attached hydrogens (tertiary/aromatic N) is 2. The summed E-state index contributed by atoms with van der Waals surface area (Å²) in [6, 6.07) is 6.07. The lowest BCUT2D eigenvalue weighted by Crippen LogP contribution is -2.30. The summed E-state index contributed by atoms with van der Waals surface area (Å²) in [6.45, 7) is 2.59. The lowest BCUT2D eigenvalue weighted by molar-refractivity contribution is -0.121. The van der Waals surface area contributed by atoms with Gasteiger partial charge in [-0.15, -0.1) is 11.3 Å². The SMILES string of the molecule is CCCC(=O)NCC(c1cccs1)n1cccn1. The van der Waals surface area contributed by atoms with E-state index in [0.29, 0.717) is 13.0 Å². The first-order chi connectivity index (χ1) is 8.81. The van der Waals surface area contributed by atoms with E-state index in [0.717, 1.165) is 6.42 Å². The average Bonchev–Trinajstić information content (AvgIpc) is 3.02. The second-order valence-corrected chi connectivity index (χ2v) is 5.05. The van der Waals surface area contributed by atoms with Crippen LogP contribution in [0.5, 0.6) is 0 Å². The van der Waals surface area contributed by atoms with Crippen molar-refractivity contribution in [2.24, 2.45) is 0 Å². The number of carbonyl (C=O) groups is 1. The van der Waals surface area contributed by atoms with E-state index in [2.05, 4.69) is 16.5 Å². The molecule has 2 aromatic rings. The van der Waals surface area contributed by atoms with Crippen molar-refractivity contribution < 1.29 is 4.79 Å². The number of aromatic nitrogens is 2. The molecule has 2 aromatic heterocycles. The number of amides is 1. The van der Waals surface area contributed by atoms with Gasteiger partial charge >= 0.3 is 0 Å². The van der Waals surface area contributed by atoms with Gasteiger partial charge in [-0.05, 0) is 23.9 Å². The van der Waals surface area contributed by atoms with E-state index in [9.17, 15) is 4.79 Å². The highest BCUT2D eigenvalue weighted by Gasteiger charge is 2.15. The number of rotatable bonds is 6. The van der Waals surface area contributed by atoms with Crippen LogP contribution in [0.2, 0.25) is 0 Å². The summed E-state index contributed by atoms with van der Waals surface area (Å²) in [5.41, 5.74) is 0. The van der Waals surface area contributed by atoms with Crippen molar-refractivity contribution in [1.82, 2.24) is 15.1 Å². The first-order valence-corrected chi connectivity index (χ1v) is 6.98. The molecule has 4 nitrogen and oxygen atoms in total. The van der Waals surface area contributed by atoms with E-state index in [1.807, 2.05) is 35.3 Å². The quantitative estimate of drug-likeness (QED) is 0.870. The van der Waals surface area contributed by atoms with Crippen LogP contribution in [0.25, 0.3) is 0 Å². The van der Waals surface area contributed by atoms with Crippen LogP contribution < -0.4 is 5.32 Å². The summed E-state index contributed by atoms with van der Waals surface area (Å²) in [5, 5.41) is 9.28. The molecular weight excluding hydrogens is 246 g/mol. The molecule has 1 N–H and O–H groups in total. The zero-order valence-electron chi connectivity index (χ0n) is 10.4. The van der Waals surface area contributed by atoms with Crippen LogP contribution in [0.1, 0.15) is 30.7 Å². The molecule has 0 bridgehead atoms. The maximum atomic E-state index is 11.5. The Kier molecular flexibility index (Phi) is 4.52. The number of carbonyl (C=O) groups excluding carboxylic acids is 1. The summed E-state index contributed by atoms with van der Waals surface area (Å²) >= 11 is 1.68. The molecule has 0 radical (unpaired) electrons. The average molecular weight is 263 g/mol. The van der Waals surface area contributed by atoms with Crippen LogP contribution >= 0.6 is 11.3 Å². The molecule has 0 aliphatic rings. The highest BCUT2D eigenvalue weighted by Crippen LogP contribution is 2.21. The smallest absolute Gasteiger partial charge is 0.220 e. The molecule has 1 unspecified atom stereocenters. The van der Waals surface area contributed by atoms with Gasteiger partial charge < -0.3 is 5.32 Å². The molecule has 0 fully saturated rings. The molecule has 96 valence electrons. The maximum Gasteiger partial charge on any atom is 0.220 e. The van der Waals surface area contributed by atoms with Crippen LogP contribution in [-0.4, -0.2) is 22.2 Å². The third-order valence-corrected chi connectivity index (χ3v) is 3.66. The Balaban J connectivity index is 2.05. The van der Waals surface area contributed by atoms with Gasteiger partial charge in [0.1, 0.15) is 6.04 Å². The van der Waals surface area contributed by atoms with E-state index >= 15 is 0 Å². The van der Waals surface area contributed by atoms with Gasteiger partial charge in [0.05, 0.1) is 0 Å². The van der Waals surface area contributed by atoms with E-state index in [-0.39, 0.29) is 11.9 Å². The molecule has 0 aromatic carbocycles. The van der Waals surface area contributed by atoms with Crippen LogP contribution in [0.3, 0.4) is 0 Å². The Hall–Kier alpha value is -1.62. The minimum absolute atomic E-state index is 0.0841. The first kappa shape index (κ1) is 12.8. The van der Waals surface area contributed by atoms with E-state index < -0.39 is 0 Å². The minimum atomic E-state index is 0.0841. The first-order valence-electron chi connectivity index (χ1n) is 6.10. The van der Waals surface area contributed by atoms with Crippen molar-refractivity contribution in [1.29, 1.82) is 0 Å². The lowest BCUT2D eigenvalue weighted by atomic mass is 10.2. The van der Waals surface area contributed by atoms with E-state index in [1.54, 1.807) is 17.5 Å². The van der Waals surface area contributed by atoms with Gasteiger partial charge in [0, 0.05) is 30.2 Å². The topological polar surface area (TPSA) is 46.9 Å². The highest BCUT2D eigenvalue weighted by atomic mass is 32.1. The maximum absolute atomic E-state index is 11.5. The number of hydrogen-bond acceptors (Lipinski definition) is 3. The largest absolute Gasteiger partial charge is 0.354 e. The lowest BCUT2D eigenvalue weighted by Gasteiger charge is -2.17. The molecule has 18 heavy (non-hydrogen) atoms. The summed E-state index contributed by atoms with van der Waals surface area (Å²) in [6.07, 6.45) is 5.14. The van der Waals surface area contributed by atoms with Gasteiger partial charge in [-0.1, -0.05) is 13.0 Å². The predicted octanol–water partition coefficient (Wildman–Crippen LogP) is 2.45. The number of thiophene rings is 1. The van der Waals surface area contributed by atoms with Gasteiger partial charge in [0.25, 0.3) is 0 Å². The molecule has 2 heterocycles. The zero-order valence-corrected chi connectivity index (χ0v) is 11.2. The van der Waals surface area contributed by atoms with Gasteiger partial charge in [0.15, 0.2) is 0 Å². The van der Waals surface area contributed by atoms with Gasteiger partial charge in [0.2, 0.25) is 5.91 Å². The summed E-state index contributed by atoms with van der Waals surface area (Å²) < 4.78 is 1.89. The summed E-state index contributed by atoms with van der Waals surface area (Å²) in [5.74, 6) is 0.103. The second-order valence-electron chi connectivity index (χ2n) is 4.07. The standard InChI is InChI=1S/C13H17N3OS/c1-2-5-13(17)14-10-11(12-6-3-9-18-12)16-8-4-7-15-16/h3-4,6-9,11H,2,5,10H2,1H3,(H,14,17). The molecular formula is C13H17N3OS. The van der Waals surface area contributed by atoms with Crippen LogP contribution in [0.4, 0.5) is 0 Å². The van der Waals surface area contributed by atoms with Crippen LogP contribution in [0, 0.1) is 0 Å². The fourth-order valence-corrected chi connectivity index (χ4v) is 2.62. The van der Waals surface area contributed by atoms with Crippen molar-refractivity contribution in [2.75, 3.05) is 6.54 Å². The molecule has 1 amide bonds. The Morgan fingerprint density at radius 1 is 1.56 bits per heavy atom. The Morgan fingerprint density at radius 2 is 2.44 bits per heavy atom. The molecule has 0 spiro atoms. The van der Waals surface area contributed by atoms with E-state index in [4.69, 9.17) is 0 Å². The molecule has 1 atom stereocenters. The Labute approximate surface area is 111 Å². The van der Waals surface area contributed by atoms with Gasteiger partial charge in [-0.2, -0.15) is 5.10 Å². The summed E-state index contributed by atoms with van der Waals surface area (Å²) in [4.78, 5) is 12.8. The molecule has 0 saturated carbocycles. The second kappa shape index (κ2) is 6.35. The number of hydrogen-bond donors (Lipinski definition) is 1. The number of nitrogens with one attached hydrogen (secondary N) is 1. The molecule has 2 rings (SSSR count). The third-order valence-electron chi connectivity index (χ3n) is 2.69. The van der Waals surface area contributed by atoms with Crippen molar-refractivity contribution in [3.8, 4) is 0 Å². The van der Waals surface area contributed by atoms with Gasteiger partial charge in [-0.25, -0.2) is 0 Å². The molecule has 0 saturated heterocycles. The zero-order chi connectivity index (χ0) is 12.8. The van der Waals surface area contributed by atoms with Gasteiger partial charge in [-0.3, -0.25) is 9.48 Å². The Morgan fingerprint density at radius 3 is 3.06 bits per heavy atom. The van der Waals surface area contributed by atoms with Crippen molar-refractivity contribution in [2.45, 2.75) is 25.8 Å². The third kappa shape index (κ3) is 3.20. The predicted molar refractivity (Wildman–Crippen MR) is 72.6 cm³/mol. The van der Waals surface area contributed by atoms with Crippen LogP contribution in [-0.2, 0) is 4.79 Å². The van der Waals surface area contributed by atoms with Crippen molar-refractivity contribution >= 4 is 17.2 Å². The van der Waals surface area contributed by atoms with E-state index in [1.165, 1.54) is 4.88 Å². The highest BCUT2D eigenvalue weighted by molar-refractivity contribution is 7.10. The minimum Gasteiger partial charge on any atom is -0.354 e. The van der Waals surface area contributed by atoms with Crippen molar-refractivity contribution in [3.05, 3.63) is 40.8 Å². The van der Waals surface area contributed by atoms with Crippen LogP contribution in [0.15, 0.2) is 36.0 Å².